The van der Waals surface area contributed by atoms with Gasteiger partial charge in [0, 0.05) is 12.6 Å². The van der Waals surface area contributed by atoms with Gasteiger partial charge in [0.05, 0.1) is 0 Å². The number of hydrogen-bond donors (Lipinski definition) is 1. The highest BCUT2D eigenvalue weighted by Gasteiger charge is 2.15. The van der Waals surface area contributed by atoms with Gasteiger partial charge in [0.1, 0.15) is 11.9 Å². The molecule has 0 amide bonds. The van der Waals surface area contributed by atoms with Crippen molar-refractivity contribution in [2.24, 2.45) is 0 Å². The molecule has 2 heteroatoms. The van der Waals surface area contributed by atoms with Crippen LogP contribution in [0.3, 0.4) is 0 Å². The van der Waals surface area contributed by atoms with Gasteiger partial charge in [-0.25, -0.2) is 0 Å². The molecule has 0 radical (unpaired) electrons. The maximum absolute atomic E-state index is 6.05. The fraction of sp³-hybridized carbons (Fsp3) is 0.647. The lowest BCUT2D eigenvalue weighted by Gasteiger charge is -2.26. The third-order valence-electron chi connectivity index (χ3n) is 4.02. The zero-order valence-electron chi connectivity index (χ0n) is 12.3. The van der Waals surface area contributed by atoms with Gasteiger partial charge in [0.15, 0.2) is 0 Å². The first-order chi connectivity index (χ1) is 9.28. The molecule has 1 N–H and O–H groups in total. The molecule has 1 saturated carbocycles. The van der Waals surface area contributed by atoms with Crippen molar-refractivity contribution in [3.8, 4) is 5.75 Å². The predicted molar refractivity (Wildman–Crippen MR) is 80.8 cm³/mol. The first-order valence-corrected chi connectivity index (χ1v) is 7.74. The van der Waals surface area contributed by atoms with E-state index in [0.29, 0.717) is 6.04 Å². The minimum absolute atomic E-state index is 0.282. The molecule has 1 aromatic rings. The Morgan fingerprint density at radius 2 is 1.84 bits per heavy atom. The van der Waals surface area contributed by atoms with Crippen LogP contribution >= 0.6 is 0 Å². The Kier molecular flexibility index (Phi) is 5.71. The summed E-state index contributed by atoms with van der Waals surface area (Å²) in [6.45, 7) is 5.27. The van der Waals surface area contributed by atoms with Crippen LogP contribution in [0.4, 0.5) is 0 Å². The van der Waals surface area contributed by atoms with Crippen LogP contribution in [0.15, 0.2) is 24.3 Å². The van der Waals surface area contributed by atoms with E-state index in [1.807, 2.05) is 0 Å². The molecular formula is C17H27NO. The summed E-state index contributed by atoms with van der Waals surface area (Å²) < 4.78 is 6.05. The molecular weight excluding hydrogens is 234 g/mol. The minimum atomic E-state index is 0.282. The van der Waals surface area contributed by atoms with Crippen molar-refractivity contribution in [3.05, 3.63) is 29.8 Å². The van der Waals surface area contributed by atoms with E-state index in [2.05, 4.69) is 43.4 Å². The van der Waals surface area contributed by atoms with Crippen molar-refractivity contribution in [1.29, 1.82) is 0 Å². The van der Waals surface area contributed by atoms with Crippen molar-refractivity contribution < 1.29 is 4.74 Å². The van der Waals surface area contributed by atoms with E-state index >= 15 is 0 Å². The van der Waals surface area contributed by atoms with Crippen LogP contribution in [-0.2, 0) is 0 Å². The first kappa shape index (κ1) is 14.4. The molecule has 0 aromatic heterocycles. The van der Waals surface area contributed by atoms with Crippen molar-refractivity contribution in [2.75, 3.05) is 6.54 Å². The van der Waals surface area contributed by atoms with Gasteiger partial charge in [0.25, 0.3) is 0 Å². The van der Waals surface area contributed by atoms with Gasteiger partial charge in [-0.3, -0.25) is 0 Å². The summed E-state index contributed by atoms with van der Waals surface area (Å²) in [7, 11) is 0. The number of nitrogens with one attached hydrogen (secondary N) is 1. The van der Waals surface area contributed by atoms with Crippen molar-refractivity contribution in [3.63, 3.8) is 0 Å². The van der Waals surface area contributed by atoms with Gasteiger partial charge in [-0.1, -0.05) is 43.9 Å². The van der Waals surface area contributed by atoms with E-state index in [1.165, 1.54) is 37.7 Å². The number of ether oxygens (including phenoxy) is 1. The second-order valence-corrected chi connectivity index (χ2v) is 5.70. The predicted octanol–water partition coefficient (Wildman–Crippen LogP) is 4.07. The SMILES string of the molecule is CCC(CNC1CCCCC1)Oc1ccc(C)cc1. The van der Waals surface area contributed by atoms with Crippen LogP contribution in [0.1, 0.15) is 51.0 Å². The molecule has 0 saturated heterocycles. The normalized spacial score (nSPS) is 18.2. The molecule has 1 aliphatic rings. The lowest BCUT2D eigenvalue weighted by atomic mass is 9.95. The van der Waals surface area contributed by atoms with Crippen molar-refractivity contribution in [1.82, 2.24) is 5.32 Å². The van der Waals surface area contributed by atoms with Crippen LogP contribution in [-0.4, -0.2) is 18.7 Å². The molecule has 1 aliphatic carbocycles. The van der Waals surface area contributed by atoms with E-state index in [9.17, 15) is 0 Å². The second-order valence-electron chi connectivity index (χ2n) is 5.70. The summed E-state index contributed by atoms with van der Waals surface area (Å²) in [4.78, 5) is 0. The highest BCUT2D eigenvalue weighted by molar-refractivity contribution is 5.26. The topological polar surface area (TPSA) is 21.3 Å². The average molecular weight is 261 g/mol. The van der Waals surface area contributed by atoms with Crippen molar-refractivity contribution >= 4 is 0 Å². The lowest BCUT2D eigenvalue weighted by Crippen LogP contribution is -2.38. The molecule has 0 spiro atoms. The largest absolute Gasteiger partial charge is 0.489 e. The minimum Gasteiger partial charge on any atom is -0.489 e. The summed E-state index contributed by atoms with van der Waals surface area (Å²) in [5, 5.41) is 3.68. The Bertz CT molecular complexity index is 354. The number of benzene rings is 1. The fourth-order valence-corrected chi connectivity index (χ4v) is 2.68. The van der Waals surface area contributed by atoms with E-state index < -0.39 is 0 Å². The van der Waals surface area contributed by atoms with Gasteiger partial charge in [-0.2, -0.15) is 0 Å². The smallest absolute Gasteiger partial charge is 0.119 e. The molecule has 0 heterocycles. The van der Waals surface area contributed by atoms with Gasteiger partial charge in [0.2, 0.25) is 0 Å². The summed E-state index contributed by atoms with van der Waals surface area (Å²) >= 11 is 0. The van der Waals surface area contributed by atoms with Gasteiger partial charge in [-0.15, -0.1) is 0 Å². The van der Waals surface area contributed by atoms with E-state index in [-0.39, 0.29) is 6.10 Å². The Balaban J connectivity index is 1.77. The van der Waals surface area contributed by atoms with Crippen LogP contribution in [0.25, 0.3) is 0 Å². The Morgan fingerprint density at radius 3 is 2.47 bits per heavy atom. The highest BCUT2D eigenvalue weighted by atomic mass is 16.5. The summed E-state index contributed by atoms with van der Waals surface area (Å²) in [5.41, 5.74) is 1.28. The fourth-order valence-electron chi connectivity index (χ4n) is 2.68. The number of rotatable bonds is 6. The Morgan fingerprint density at radius 1 is 1.16 bits per heavy atom. The second kappa shape index (κ2) is 7.54. The van der Waals surface area contributed by atoms with Crippen LogP contribution in [0.5, 0.6) is 5.75 Å². The average Bonchev–Trinajstić information content (AvgIpc) is 2.46. The summed E-state index contributed by atoms with van der Waals surface area (Å²) in [5.74, 6) is 0.989. The summed E-state index contributed by atoms with van der Waals surface area (Å²) in [6, 6.07) is 9.06. The highest BCUT2D eigenvalue weighted by Crippen LogP contribution is 2.18. The number of aryl methyl sites for hydroxylation is 1. The monoisotopic (exact) mass is 261 g/mol. The standard InChI is InChI=1S/C17H27NO/c1-3-16(13-18-15-7-5-4-6-8-15)19-17-11-9-14(2)10-12-17/h9-12,15-16,18H,3-8,13H2,1-2H3. The zero-order valence-corrected chi connectivity index (χ0v) is 12.3. The Labute approximate surface area is 117 Å². The molecule has 1 aromatic carbocycles. The Hall–Kier alpha value is -1.02. The van der Waals surface area contributed by atoms with Gasteiger partial charge < -0.3 is 10.1 Å². The van der Waals surface area contributed by atoms with Gasteiger partial charge in [-0.05, 0) is 38.3 Å². The molecule has 2 nitrogen and oxygen atoms in total. The van der Waals surface area contributed by atoms with E-state index in [1.54, 1.807) is 0 Å². The molecule has 1 fully saturated rings. The third-order valence-corrected chi connectivity index (χ3v) is 4.02. The third kappa shape index (κ3) is 4.87. The molecule has 0 bridgehead atoms. The van der Waals surface area contributed by atoms with E-state index in [4.69, 9.17) is 4.74 Å². The van der Waals surface area contributed by atoms with Crippen molar-refractivity contribution in [2.45, 2.75) is 64.5 Å². The molecule has 19 heavy (non-hydrogen) atoms. The molecule has 1 unspecified atom stereocenters. The molecule has 0 aliphatic heterocycles. The van der Waals surface area contributed by atoms with Crippen LogP contribution < -0.4 is 10.1 Å². The zero-order chi connectivity index (χ0) is 13.5. The maximum Gasteiger partial charge on any atom is 0.119 e. The van der Waals surface area contributed by atoms with Crippen LogP contribution in [0, 0.1) is 6.92 Å². The van der Waals surface area contributed by atoms with Gasteiger partial charge >= 0.3 is 0 Å². The van der Waals surface area contributed by atoms with Crippen LogP contribution in [0.2, 0.25) is 0 Å². The number of hydrogen-bond acceptors (Lipinski definition) is 2. The quantitative estimate of drug-likeness (QED) is 0.833. The van der Waals surface area contributed by atoms with E-state index in [0.717, 1.165) is 18.7 Å². The maximum atomic E-state index is 6.05. The molecule has 1 atom stereocenters. The molecule has 106 valence electrons. The first-order valence-electron chi connectivity index (χ1n) is 7.74. The molecule has 2 rings (SSSR count). The lowest BCUT2D eigenvalue weighted by molar-refractivity contribution is 0.183. The summed E-state index contributed by atoms with van der Waals surface area (Å²) in [6.07, 6.45) is 8.18.